The summed E-state index contributed by atoms with van der Waals surface area (Å²) < 4.78 is 31.5. The van der Waals surface area contributed by atoms with Gasteiger partial charge in [-0.05, 0) is 37.3 Å². The predicted molar refractivity (Wildman–Crippen MR) is 121 cm³/mol. The van der Waals surface area contributed by atoms with Crippen molar-refractivity contribution in [3.05, 3.63) is 83.2 Å². The lowest BCUT2D eigenvalue weighted by Crippen LogP contribution is -2.60. The highest BCUT2D eigenvalue weighted by Crippen LogP contribution is 2.38. The third-order valence-electron chi connectivity index (χ3n) is 5.85. The maximum Gasteiger partial charge on any atom is 0.332 e. The van der Waals surface area contributed by atoms with Gasteiger partial charge in [0.1, 0.15) is 5.69 Å². The number of anilines is 1. The van der Waals surface area contributed by atoms with E-state index in [9.17, 15) is 18.4 Å². The number of rotatable bonds is 4. The average Bonchev–Trinajstić information content (AvgIpc) is 3.28. The van der Waals surface area contributed by atoms with Crippen molar-refractivity contribution in [2.75, 3.05) is 18.6 Å². The van der Waals surface area contributed by atoms with E-state index in [2.05, 4.69) is 16.9 Å². The molecule has 1 aromatic heterocycles. The molecule has 1 aliphatic rings. The summed E-state index contributed by atoms with van der Waals surface area (Å²) in [7, 11) is 1.45. The molecule has 174 valence electrons. The minimum atomic E-state index is -1.13. The van der Waals surface area contributed by atoms with Crippen LogP contribution in [0.4, 0.5) is 19.3 Å². The van der Waals surface area contributed by atoms with E-state index in [1.165, 1.54) is 16.6 Å². The molecule has 3 amide bonds. The zero-order valence-electron chi connectivity index (χ0n) is 18.6. The lowest BCUT2D eigenvalue weighted by Gasteiger charge is -2.44. The quantitative estimate of drug-likeness (QED) is 0.602. The number of urea groups is 1. The molecule has 2 heterocycles. The Kier molecular flexibility index (Phi) is 6.18. The number of carbonyl (C=O) groups excluding carboxylic acids is 2. The van der Waals surface area contributed by atoms with Gasteiger partial charge in [-0.25, -0.2) is 18.5 Å². The number of carbonyl (C=O) groups is 2. The molecule has 1 fully saturated rings. The van der Waals surface area contributed by atoms with Gasteiger partial charge in [0.25, 0.3) is 0 Å². The number of halogens is 2. The van der Waals surface area contributed by atoms with E-state index in [0.717, 1.165) is 12.1 Å². The van der Waals surface area contributed by atoms with Crippen LogP contribution >= 0.6 is 0 Å². The summed E-state index contributed by atoms with van der Waals surface area (Å²) in [6.45, 7) is 1.79. The summed E-state index contributed by atoms with van der Waals surface area (Å²) in [4.78, 5) is 27.9. The fourth-order valence-corrected chi connectivity index (χ4v) is 3.84. The molecule has 0 spiro atoms. The molecule has 7 nitrogen and oxygen atoms in total. The molecule has 0 saturated carbocycles. The van der Waals surface area contributed by atoms with Crippen molar-refractivity contribution in [2.45, 2.75) is 25.4 Å². The summed E-state index contributed by atoms with van der Waals surface area (Å²) >= 11 is 0. The first-order valence-corrected chi connectivity index (χ1v) is 10.6. The highest BCUT2D eigenvalue weighted by molar-refractivity contribution is 6.16. The molecular weight excluding hydrogens is 442 g/mol. The highest BCUT2D eigenvalue weighted by Gasteiger charge is 2.48. The zero-order chi connectivity index (χ0) is 24.5. The Hall–Kier alpha value is -4.03. The Labute approximate surface area is 195 Å². The largest absolute Gasteiger partial charge is 0.394 e. The first-order chi connectivity index (χ1) is 16.2. The molecule has 0 radical (unpaired) electrons. The number of aromatic nitrogens is 2. The fraction of sp³-hybridized carbons (Fsp3) is 0.240. The normalized spacial score (nSPS) is 18.1. The predicted octanol–water partition coefficient (Wildman–Crippen LogP) is 3.26. The standard InChI is InChI=1S/C25H22F2N4O3/c1-25(21-10-11-30(28-21)12-13-32)16-22(33)31(24(34)29(25)2)23-19(26)14-18(15-20(23)27)9-8-17-6-4-3-5-7-17/h3-7,10-11,14-15,32H,12-13,16H2,1-2H3. The molecule has 34 heavy (non-hydrogen) atoms. The number of aliphatic hydroxyl groups is 1. The number of hydrogen-bond donors (Lipinski definition) is 1. The number of amides is 3. The minimum absolute atomic E-state index is 0.0760. The number of imide groups is 1. The average molecular weight is 464 g/mol. The summed E-state index contributed by atoms with van der Waals surface area (Å²) in [5, 5.41) is 13.4. The van der Waals surface area contributed by atoms with E-state index in [1.807, 2.05) is 6.07 Å². The molecule has 3 aromatic rings. The van der Waals surface area contributed by atoms with Crippen LogP contribution in [0.5, 0.6) is 0 Å². The summed E-state index contributed by atoms with van der Waals surface area (Å²) in [5.74, 6) is 2.62. The van der Waals surface area contributed by atoms with Crippen molar-refractivity contribution < 1.29 is 23.5 Å². The van der Waals surface area contributed by atoms with Gasteiger partial charge in [-0.15, -0.1) is 0 Å². The van der Waals surface area contributed by atoms with E-state index in [-0.39, 0.29) is 25.1 Å². The molecule has 1 N–H and O–H groups in total. The van der Waals surface area contributed by atoms with Gasteiger partial charge in [-0.1, -0.05) is 30.0 Å². The zero-order valence-corrected chi connectivity index (χ0v) is 18.6. The van der Waals surface area contributed by atoms with Crippen molar-refractivity contribution >= 4 is 17.6 Å². The van der Waals surface area contributed by atoms with E-state index >= 15 is 0 Å². The molecule has 1 atom stereocenters. The fourth-order valence-electron chi connectivity index (χ4n) is 3.84. The van der Waals surface area contributed by atoms with Crippen LogP contribution < -0.4 is 4.90 Å². The van der Waals surface area contributed by atoms with Crippen molar-refractivity contribution in [3.8, 4) is 11.8 Å². The second kappa shape index (κ2) is 9.08. The van der Waals surface area contributed by atoms with Gasteiger partial charge in [0.05, 0.1) is 30.8 Å². The van der Waals surface area contributed by atoms with Gasteiger partial charge in [0, 0.05) is 24.4 Å². The third-order valence-corrected chi connectivity index (χ3v) is 5.85. The van der Waals surface area contributed by atoms with Gasteiger partial charge >= 0.3 is 6.03 Å². The van der Waals surface area contributed by atoms with E-state index in [4.69, 9.17) is 5.11 Å². The third kappa shape index (κ3) is 4.16. The minimum Gasteiger partial charge on any atom is -0.394 e. The SMILES string of the molecule is CN1C(=O)N(c2c(F)cc(C#Cc3ccccc3)cc2F)C(=O)CC1(C)c1ccn(CCO)n1. The summed E-state index contributed by atoms with van der Waals surface area (Å²) in [6.07, 6.45) is 1.39. The van der Waals surface area contributed by atoms with Gasteiger partial charge in [-0.2, -0.15) is 5.10 Å². The first kappa shape index (κ1) is 23.1. The first-order valence-electron chi connectivity index (χ1n) is 10.6. The Morgan fingerprint density at radius 2 is 1.71 bits per heavy atom. The number of benzene rings is 2. The molecule has 1 unspecified atom stereocenters. The van der Waals surface area contributed by atoms with Gasteiger partial charge in [0.15, 0.2) is 11.6 Å². The van der Waals surface area contributed by atoms with Crippen molar-refractivity contribution in [2.24, 2.45) is 0 Å². The van der Waals surface area contributed by atoms with Crippen LogP contribution in [0.25, 0.3) is 0 Å². The monoisotopic (exact) mass is 464 g/mol. The maximum atomic E-state index is 15.0. The number of aliphatic hydroxyl groups excluding tert-OH is 1. The van der Waals surface area contributed by atoms with Crippen LogP contribution in [0.1, 0.15) is 30.2 Å². The van der Waals surface area contributed by atoms with E-state index < -0.39 is 34.8 Å². The summed E-state index contributed by atoms with van der Waals surface area (Å²) in [5.41, 5.74) is -0.681. The van der Waals surface area contributed by atoms with Gasteiger partial charge < -0.3 is 10.0 Å². The van der Waals surface area contributed by atoms with Crippen LogP contribution in [0.3, 0.4) is 0 Å². The molecule has 0 bridgehead atoms. The van der Waals surface area contributed by atoms with Crippen molar-refractivity contribution in [1.82, 2.24) is 14.7 Å². The van der Waals surface area contributed by atoms with Crippen molar-refractivity contribution in [3.63, 3.8) is 0 Å². The second-order valence-corrected chi connectivity index (χ2v) is 8.11. The molecule has 9 heteroatoms. The van der Waals surface area contributed by atoms with Crippen LogP contribution in [-0.4, -0.2) is 45.4 Å². The van der Waals surface area contributed by atoms with Crippen LogP contribution in [0, 0.1) is 23.5 Å². The highest BCUT2D eigenvalue weighted by atomic mass is 19.1. The molecule has 0 aliphatic carbocycles. The summed E-state index contributed by atoms with van der Waals surface area (Å²) in [6, 6.07) is 11.7. The Bertz CT molecular complexity index is 1290. The number of hydrogen-bond acceptors (Lipinski definition) is 4. The van der Waals surface area contributed by atoms with E-state index in [1.54, 1.807) is 43.5 Å². The molecule has 1 aliphatic heterocycles. The van der Waals surface area contributed by atoms with Crippen LogP contribution in [0.15, 0.2) is 54.7 Å². The lowest BCUT2D eigenvalue weighted by atomic mass is 9.89. The second-order valence-electron chi connectivity index (χ2n) is 8.11. The topological polar surface area (TPSA) is 78.7 Å². The van der Waals surface area contributed by atoms with Crippen LogP contribution in [-0.2, 0) is 16.9 Å². The Balaban J connectivity index is 1.64. The van der Waals surface area contributed by atoms with Gasteiger partial charge in [0.2, 0.25) is 5.91 Å². The van der Waals surface area contributed by atoms with Crippen molar-refractivity contribution in [1.29, 1.82) is 0 Å². The Morgan fingerprint density at radius 3 is 2.35 bits per heavy atom. The Morgan fingerprint density at radius 1 is 1.06 bits per heavy atom. The molecule has 2 aromatic carbocycles. The van der Waals surface area contributed by atoms with Gasteiger partial charge in [-0.3, -0.25) is 9.48 Å². The van der Waals surface area contributed by atoms with Crippen LogP contribution in [0.2, 0.25) is 0 Å². The molecule has 4 rings (SSSR count). The smallest absolute Gasteiger partial charge is 0.332 e. The number of nitrogens with zero attached hydrogens (tertiary/aromatic N) is 4. The lowest BCUT2D eigenvalue weighted by molar-refractivity contribution is -0.122. The molecule has 1 saturated heterocycles. The maximum absolute atomic E-state index is 15.0. The molecular formula is C25H22F2N4O3. The van der Waals surface area contributed by atoms with E-state index in [0.29, 0.717) is 16.2 Å².